The summed E-state index contributed by atoms with van der Waals surface area (Å²) in [5.74, 6) is 1.10. The molecule has 3 heterocycles. The smallest absolute Gasteiger partial charge is 0.236 e. The van der Waals surface area contributed by atoms with Crippen LogP contribution in [0.3, 0.4) is 0 Å². The van der Waals surface area contributed by atoms with Gasteiger partial charge in [0.25, 0.3) is 0 Å². The number of piperidine rings is 1. The Bertz CT molecular complexity index is 625. The van der Waals surface area contributed by atoms with Gasteiger partial charge in [0.05, 0.1) is 25.5 Å². The number of hydrogen-bond donors (Lipinski definition) is 0. The summed E-state index contributed by atoms with van der Waals surface area (Å²) >= 11 is 0. The number of amides is 1. The van der Waals surface area contributed by atoms with Crippen LogP contribution < -0.4 is 0 Å². The van der Waals surface area contributed by atoms with E-state index in [-0.39, 0.29) is 11.3 Å². The summed E-state index contributed by atoms with van der Waals surface area (Å²) in [6, 6.07) is 0. The van der Waals surface area contributed by atoms with E-state index in [1.807, 2.05) is 13.1 Å². The highest BCUT2D eigenvalue weighted by Crippen LogP contribution is 2.43. The zero-order valence-electron chi connectivity index (χ0n) is 14.5. The third kappa shape index (κ3) is 2.93. The molecule has 6 nitrogen and oxygen atoms in total. The standard InChI is InChI=1S/C18H26N4O2/c1-14-19-11-15-3-5-18(17(15)20-14)4-2-6-22(13-18)16(23)12-21-7-9-24-10-8-21/h11H,2-10,12-13H2,1H3. The molecule has 130 valence electrons. The third-order valence-electron chi connectivity index (χ3n) is 5.75. The first-order valence-electron chi connectivity index (χ1n) is 9.07. The Morgan fingerprint density at radius 1 is 1.29 bits per heavy atom. The molecule has 1 atom stereocenters. The zero-order chi connectivity index (χ0) is 16.6. The summed E-state index contributed by atoms with van der Waals surface area (Å²) in [5, 5.41) is 0. The Labute approximate surface area is 143 Å². The number of aromatic nitrogens is 2. The summed E-state index contributed by atoms with van der Waals surface area (Å²) in [7, 11) is 0. The molecule has 24 heavy (non-hydrogen) atoms. The van der Waals surface area contributed by atoms with Crippen molar-refractivity contribution in [2.45, 2.75) is 38.0 Å². The Hall–Kier alpha value is -1.53. The lowest BCUT2D eigenvalue weighted by Gasteiger charge is -2.41. The van der Waals surface area contributed by atoms with Crippen LogP contribution in [-0.2, 0) is 21.4 Å². The van der Waals surface area contributed by atoms with Crippen molar-refractivity contribution in [3.8, 4) is 0 Å². The monoisotopic (exact) mass is 330 g/mol. The van der Waals surface area contributed by atoms with Crippen molar-refractivity contribution < 1.29 is 9.53 Å². The second-order valence-electron chi connectivity index (χ2n) is 7.38. The van der Waals surface area contributed by atoms with Crippen LogP contribution in [0, 0.1) is 6.92 Å². The maximum atomic E-state index is 12.8. The highest BCUT2D eigenvalue weighted by atomic mass is 16.5. The molecule has 2 saturated heterocycles. The van der Waals surface area contributed by atoms with Gasteiger partial charge in [0, 0.05) is 37.8 Å². The van der Waals surface area contributed by atoms with Gasteiger partial charge in [0.1, 0.15) is 5.82 Å². The van der Waals surface area contributed by atoms with E-state index in [4.69, 9.17) is 9.72 Å². The van der Waals surface area contributed by atoms with Gasteiger partial charge in [0.2, 0.25) is 5.91 Å². The molecule has 1 unspecified atom stereocenters. The first-order chi connectivity index (χ1) is 11.7. The molecule has 3 aliphatic rings. The number of carbonyl (C=O) groups excluding carboxylic acids is 1. The molecule has 1 aromatic heterocycles. The summed E-state index contributed by atoms with van der Waals surface area (Å²) in [4.78, 5) is 26.2. The van der Waals surface area contributed by atoms with Gasteiger partial charge in [-0.05, 0) is 38.2 Å². The number of morpholine rings is 1. The molecule has 1 amide bonds. The van der Waals surface area contributed by atoms with Gasteiger partial charge in [-0.15, -0.1) is 0 Å². The van der Waals surface area contributed by atoms with Crippen molar-refractivity contribution in [1.29, 1.82) is 0 Å². The lowest BCUT2D eigenvalue weighted by atomic mass is 9.77. The maximum absolute atomic E-state index is 12.8. The van der Waals surface area contributed by atoms with E-state index in [2.05, 4.69) is 14.8 Å². The minimum atomic E-state index is 0.0575. The molecule has 2 aliphatic heterocycles. The van der Waals surface area contributed by atoms with Gasteiger partial charge in [-0.2, -0.15) is 0 Å². The first-order valence-corrected chi connectivity index (χ1v) is 9.07. The van der Waals surface area contributed by atoms with E-state index >= 15 is 0 Å². The van der Waals surface area contributed by atoms with Crippen LogP contribution >= 0.6 is 0 Å². The summed E-state index contributed by atoms with van der Waals surface area (Å²) < 4.78 is 5.37. The number of nitrogens with zero attached hydrogens (tertiary/aromatic N) is 4. The topological polar surface area (TPSA) is 58.6 Å². The van der Waals surface area contributed by atoms with Gasteiger partial charge in [-0.1, -0.05) is 0 Å². The van der Waals surface area contributed by atoms with E-state index in [0.29, 0.717) is 6.54 Å². The van der Waals surface area contributed by atoms with E-state index in [1.54, 1.807) is 0 Å². The molecule has 0 N–H and O–H groups in total. The second kappa shape index (κ2) is 6.41. The molecular formula is C18H26N4O2. The zero-order valence-corrected chi connectivity index (χ0v) is 14.5. The van der Waals surface area contributed by atoms with Crippen molar-refractivity contribution in [2.24, 2.45) is 0 Å². The average molecular weight is 330 g/mol. The highest BCUT2D eigenvalue weighted by Gasteiger charge is 2.44. The van der Waals surface area contributed by atoms with Crippen LogP contribution in [0.5, 0.6) is 0 Å². The lowest BCUT2D eigenvalue weighted by Crippen LogP contribution is -2.51. The highest BCUT2D eigenvalue weighted by molar-refractivity contribution is 5.78. The van der Waals surface area contributed by atoms with Crippen LogP contribution in [-0.4, -0.2) is 71.6 Å². The number of rotatable bonds is 2. The molecule has 0 saturated carbocycles. The minimum Gasteiger partial charge on any atom is -0.379 e. The number of likely N-dealkylation sites (tertiary alicyclic amines) is 1. The molecule has 2 fully saturated rings. The molecule has 0 aromatic carbocycles. The Kier molecular flexibility index (Phi) is 4.26. The Morgan fingerprint density at radius 2 is 2.12 bits per heavy atom. The quantitative estimate of drug-likeness (QED) is 0.807. The van der Waals surface area contributed by atoms with Gasteiger partial charge >= 0.3 is 0 Å². The minimum absolute atomic E-state index is 0.0575. The molecular weight excluding hydrogens is 304 g/mol. The number of hydrogen-bond acceptors (Lipinski definition) is 5. The first kappa shape index (κ1) is 16.0. The Morgan fingerprint density at radius 3 is 2.96 bits per heavy atom. The largest absolute Gasteiger partial charge is 0.379 e. The fraction of sp³-hybridized carbons (Fsp3) is 0.722. The number of ether oxygens (including phenoxy) is 1. The van der Waals surface area contributed by atoms with Gasteiger partial charge in [-0.25, -0.2) is 9.97 Å². The number of fused-ring (bicyclic) bond motifs is 2. The number of carbonyl (C=O) groups is 1. The van der Waals surface area contributed by atoms with E-state index in [1.165, 1.54) is 11.3 Å². The van der Waals surface area contributed by atoms with Crippen molar-refractivity contribution in [3.63, 3.8) is 0 Å². The van der Waals surface area contributed by atoms with Gasteiger partial charge in [0.15, 0.2) is 0 Å². The Balaban J connectivity index is 1.48. The van der Waals surface area contributed by atoms with Crippen LogP contribution in [0.4, 0.5) is 0 Å². The van der Waals surface area contributed by atoms with Crippen molar-refractivity contribution in [3.05, 3.63) is 23.3 Å². The van der Waals surface area contributed by atoms with E-state index in [9.17, 15) is 4.79 Å². The third-order valence-corrected chi connectivity index (χ3v) is 5.75. The summed E-state index contributed by atoms with van der Waals surface area (Å²) in [6.07, 6.45) is 6.33. The molecule has 6 heteroatoms. The normalized spacial score (nSPS) is 27.5. The summed E-state index contributed by atoms with van der Waals surface area (Å²) in [5.41, 5.74) is 2.55. The van der Waals surface area contributed by atoms with Crippen LogP contribution in [0.15, 0.2) is 6.20 Å². The average Bonchev–Trinajstić information content (AvgIpc) is 2.93. The predicted molar refractivity (Wildman–Crippen MR) is 89.8 cm³/mol. The SMILES string of the molecule is Cc1ncc2c(n1)C1(CCCN(C(=O)CN3CCOCC3)C1)CC2. The van der Waals surface area contributed by atoms with Gasteiger partial charge < -0.3 is 9.64 Å². The van der Waals surface area contributed by atoms with Crippen molar-refractivity contribution in [1.82, 2.24) is 19.8 Å². The molecule has 1 spiro atoms. The van der Waals surface area contributed by atoms with Crippen LogP contribution in [0.1, 0.15) is 36.3 Å². The fourth-order valence-electron chi connectivity index (χ4n) is 4.42. The molecule has 1 aromatic rings. The van der Waals surface area contributed by atoms with Crippen molar-refractivity contribution >= 4 is 5.91 Å². The molecule has 1 aliphatic carbocycles. The second-order valence-corrected chi connectivity index (χ2v) is 7.38. The van der Waals surface area contributed by atoms with Gasteiger partial charge in [-0.3, -0.25) is 9.69 Å². The predicted octanol–water partition coefficient (Wildman–Crippen LogP) is 0.924. The molecule has 0 bridgehead atoms. The number of aryl methyl sites for hydroxylation is 2. The van der Waals surface area contributed by atoms with Crippen LogP contribution in [0.25, 0.3) is 0 Å². The maximum Gasteiger partial charge on any atom is 0.236 e. The van der Waals surface area contributed by atoms with E-state index in [0.717, 1.165) is 70.9 Å². The lowest BCUT2D eigenvalue weighted by molar-refractivity contribution is -0.135. The fourth-order valence-corrected chi connectivity index (χ4v) is 4.42. The van der Waals surface area contributed by atoms with E-state index < -0.39 is 0 Å². The summed E-state index contributed by atoms with van der Waals surface area (Å²) in [6.45, 7) is 7.37. The molecule has 0 radical (unpaired) electrons. The molecule has 4 rings (SSSR count). The van der Waals surface area contributed by atoms with Crippen molar-refractivity contribution in [2.75, 3.05) is 45.9 Å². The van der Waals surface area contributed by atoms with Crippen LogP contribution in [0.2, 0.25) is 0 Å².